The molecule has 1 aliphatic heterocycles. The fourth-order valence-corrected chi connectivity index (χ4v) is 2.40. The first kappa shape index (κ1) is 14.3. The molecule has 0 bridgehead atoms. The van der Waals surface area contributed by atoms with Crippen molar-refractivity contribution in [1.29, 1.82) is 0 Å². The fraction of sp³-hybridized carbons (Fsp3) is 0.417. The molecule has 104 valence electrons. The van der Waals surface area contributed by atoms with Crippen molar-refractivity contribution in [3.05, 3.63) is 34.3 Å². The zero-order valence-electron chi connectivity index (χ0n) is 9.75. The molecule has 7 heteroatoms. The summed E-state index contributed by atoms with van der Waals surface area (Å²) in [5.74, 6) is -0.513. The van der Waals surface area contributed by atoms with E-state index in [1.54, 1.807) is 12.1 Å². The van der Waals surface area contributed by atoms with Gasteiger partial charge in [0.05, 0.1) is 6.54 Å². The lowest BCUT2D eigenvalue weighted by Crippen LogP contribution is -2.48. The van der Waals surface area contributed by atoms with E-state index in [1.165, 1.54) is 12.1 Å². The van der Waals surface area contributed by atoms with Crippen molar-refractivity contribution in [2.75, 3.05) is 13.1 Å². The lowest BCUT2D eigenvalue weighted by atomic mass is 10.0. The molecule has 1 aromatic rings. The molecule has 1 aromatic carbocycles. The standard InChI is InChI=1S/C12H11BrF3NO2/c13-9-3-1-2-8(6-9)10(18)17-5-4-11(19,7-17)12(14,15)16/h1-3,6,19H,4-5,7H2/t11-/m0/s1. The van der Waals surface area contributed by atoms with Crippen LogP contribution in [0.4, 0.5) is 13.2 Å². The van der Waals surface area contributed by atoms with Crippen molar-refractivity contribution in [3.63, 3.8) is 0 Å². The van der Waals surface area contributed by atoms with Crippen molar-refractivity contribution < 1.29 is 23.1 Å². The van der Waals surface area contributed by atoms with Gasteiger partial charge >= 0.3 is 6.18 Å². The van der Waals surface area contributed by atoms with Crippen LogP contribution in [0.3, 0.4) is 0 Å². The highest BCUT2D eigenvalue weighted by Gasteiger charge is 2.57. The molecule has 1 aliphatic rings. The molecule has 19 heavy (non-hydrogen) atoms. The number of nitrogens with zero attached hydrogens (tertiary/aromatic N) is 1. The van der Waals surface area contributed by atoms with E-state index in [1.807, 2.05) is 0 Å². The monoisotopic (exact) mass is 337 g/mol. The zero-order chi connectivity index (χ0) is 14.3. The lowest BCUT2D eigenvalue weighted by molar-refractivity contribution is -0.253. The van der Waals surface area contributed by atoms with Crippen LogP contribution in [0.5, 0.6) is 0 Å². The number of likely N-dealkylation sites (tertiary alicyclic amines) is 1. The van der Waals surface area contributed by atoms with E-state index in [4.69, 9.17) is 0 Å². The van der Waals surface area contributed by atoms with E-state index in [0.29, 0.717) is 10.0 Å². The number of aliphatic hydroxyl groups is 1. The highest BCUT2D eigenvalue weighted by Crippen LogP contribution is 2.38. The van der Waals surface area contributed by atoms with Crippen LogP contribution in [0.15, 0.2) is 28.7 Å². The van der Waals surface area contributed by atoms with Gasteiger partial charge in [0.15, 0.2) is 5.60 Å². The Balaban J connectivity index is 2.16. The van der Waals surface area contributed by atoms with Crippen LogP contribution in [0.25, 0.3) is 0 Å². The predicted octanol–water partition coefficient (Wildman–Crippen LogP) is 2.59. The van der Waals surface area contributed by atoms with Gasteiger partial charge in [0.2, 0.25) is 0 Å². The Bertz CT molecular complexity index is 506. The molecule has 0 aromatic heterocycles. The van der Waals surface area contributed by atoms with Crippen LogP contribution in [-0.2, 0) is 0 Å². The van der Waals surface area contributed by atoms with Crippen LogP contribution in [0, 0.1) is 0 Å². The number of amides is 1. The van der Waals surface area contributed by atoms with Gasteiger partial charge in [0.1, 0.15) is 0 Å². The van der Waals surface area contributed by atoms with Crippen molar-refractivity contribution in [2.24, 2.45) is 0 Å². The summed E-state index contributed by atoms with van der Waals surface area (Å²) >= 11 is 3.19. The Hall–Kier alpha value is -1.08. The van der Waals surface area contributed by atoms with E-state index in [2.05, 4.69) is 15.9 Å². The summed E-state index contributed by atoms with van der Waals surface area (Å²) in [7, 11) is 0. The number of carbonyl (C=O) groups is 1. The summed E-state index contributed by atoms with van der Waals surface area (Å²) in [6, 6.07) is 6.40. The summed E-state index contributed by atoms with van der Waals surface area (Å²) < 4.78 is 38.6. The van der Waals surface area contributed by atoms with Gasteiger partial charge in [-0.2, -0.15) is 13.2 Å². The maximum Gasteiger partial charge on any atom is 0.419 e. The summed E-state index contributed by atoms with van der Waals surface area (Å²) in [5, 5.41) is 9.52. The molecule has 0 unspecified atom stereocenters. The molecule has 1 atom stereocenters. The van der Waals surface area contributed by atoms with Gasteiger partial charge in [-0.3, -0.25) is 4.79 Å². The molecular weight excluding hydrogens is 327 g/mol. The SMILES string of the molecule is O=C(c1cccc(Br)c1)N1CC[C@@](O)(C(F)(F)F)C1. The zero-order valence-corrected chi connectivity index (χ0v) is 11.3. The van der Waals surface area contributed by atoms with Crippen LogP contribution in [0.2, 0.25) is 0 Å². The maximum atomic E-state index is 12.7. The normalized spacial score (nSPS) is 23.7. The highest BCUT2D eigenvalue weighted by molar-refractivity contribution is 9.10. The Morgan fingerprint density at radius 1 is 1.42 bits per heavy atom. The third-order valence-electron chi connectivity index (χ3n) is 3.13. The van der Waals surface area contributed by atoms with Crippen molar-refractivity contribution in [3.8, 4) is 0 Å². The largest absolute Gasteiger partial charge is 0.419 e. The summed E-state index contributed by atoms with van der Waals surface area (Å²) in [4.78, 5) is 13.1. The molecule has 2 rings (SSSR count). The Morgan fingerprint density at radius 2 is 2.11 bits per heavy atom. The van der Waals surface area contributed by atoms with E-state index in [0.717, 1.165) is 4.90 Å². The van der Waals surface area contributed by atoms with Gasteiger partial charge in [-0.15, -0.1) is 0 Å². The molecule has 0 spiro atoms. The average Bonchev–Trinajstić information content (AvgIpc) is 2.72. The third-order valence-corrected chi connectivity index (χ3v) is 3.63. The smallest absolute Gasteiger partial charge is 0.379 e. The number of β-amino-alcohol motifs (C(OH)–C–C–N with tert-alkyl or cyclic N) is 1. The summed E-state index contributed by atoms with van der Waals surface area (Å²) in [5.41, 5.74) is -2.50. The summed E-state index contributed by atoms with van der Waals surface area (Å²) in [6.45, 7) is -0.830. The topological polar surface area (TPSA) is 40.5 Å². The van der Waals surface area contributed by atoms with Gasteiger partial charge in [0, 0.05) is 23.0 Å². The van der Waals surface area contributed by atoms with E-state index < -0.39 is 30.7 Å². The number of alkyl halides is 3. The van der Waals surface area contributed by atoms with Crippen LogP contribution >= 0.6 is 15.9 Å². The van der Waals surface area contributed by atoms with Crippen molar-refractivity contribution in [2.45, 2.75) is 18.2 Å². The first-order chi connectivity index (χ1) is 8.73. The minimum Gasteiger partial charge on any atom is -0.379 e. The van der Waals surface area contributed by atoms with Gasteiger partial charge in [-0.05, 0) is 18.2 Å². The minimum absolute atomic E-state index is 0.110. The predicted molar refractivity (Wildman–Crippen MR) is 65.7 cm³/mol. The quantitative estimate of drug-likeness (QED) is 0.855. The van der Waals surface area contributed by atoms with Crippen molar-refractivity contribution >= 4 is 21.8 Å². The maximum absolute atomic E-state index is 12.7. The molecule has 1 amide bonds. The first-order valence-electron chi connectivity index (χ1n) is 5.57. The number of benzene rings is 1. The molecule has 1 fully saturated rings. The number of halogens is 4. The lowest BCUT2D eigenvalue weighted by Gasteiger charge is -2.25. The second kappa shape index (κ2) is 4.79. The third kappa shape index (κ3) is 2.76. The second-order valence-corrected chi connectivity index (χ2v) is 5.43. The molecule has 3 nitrogen and oxygen atoms in total. The van der Waals surface area contributed by atoms with Gasteiger partial charge in [-0.1, -0.05) is 22.0 Å². The van der Waals surface area contributed by atoms with E-state index in [-0.39, 0.29) is 6.54 Å². The molecule has 0 radical (unpaired) electrons. The van der Waals surface area contributed by atoms with Crippen LogP contribution in [0.1, 0.15) is 16.8 Å². The van der Waals surface area contributed by atoms with Crippen molar-refractivity contribution in [1.82, 2.24) is 4.90 Å². The Morgan fingerprint density at radius 3 is 2.63 bits per heavy atom. The Kier molecular flexibility index (Phi) is 3.61. The van der Waals surface area contributed by atoms with Gasteiger partial charge < -0.3 is 10.0 Å². The molecule has 1 N–H and O–H groups in total. The molecule has 1 saturated heterocycles. The van der Waals surface area contributed by atoms with E-state index in [9.17, 15) is 23.1 Å². The average molecular weight is 338 g/mol. The molecule has 1 heterocycles. The van der Waals surface area contributed by atoms with Crippen LogP contribution in [-0.4, -0.2) is 40.8 Å². The van der Waals surface area contributed by atoms with Gasteiger partial charge in [0.25, 0.3) is 5.91 Å². The Labute approximate surface area is 116 Å². The molecular formula is C12H11BrF3NO2. The minimum atomic E-state index is -4.72. The van der Waals surface area contributed by atoms with Crippen LogP contribution < -0.4 is 0 Å². The second-order valence-electron chi connectivity index (χ2n) is 4.52. The highest BCUT2D eigenvalue weighted by atomic mass is 79.9. The molecule has 0 saturated carbocycles. The number of carbonyl (C=O) groups excluding carboxylic acids is 1. The fourth-order valence-electron chi connectivity index (χ4n) is 2.00. The first-order valence-corrected chi connectivity index (χ1v) is 6.36. The van der Waals surface area contributed by atoms with E-state index >= 15 is 0 Å². The molecule has 0 aliphatic carbocycles. The van der Waals surface area contributed by atoms with Gasteiger partial charge in [-0.25, -0.2) is 0 Å². The number of hydrogen-bond donors (Lipinski definition) is 1. The summed E-state index contributed by atoms with van der Waals surface area (Å²) in [6.07, 6.45) is -5.21. The number of hydrogen-bond acceptors (Lipinski definition) is 2. The number of rotatable bonds is 1.